The van der Waals surface area contributed by atoms with Crippen molar-refractivity contribution in [1.29, 1.82) is 0 Å². The lowest BCUT2D eigenvalue weighted by atomic mass is 10.0. The van der Waals surface area contributed by atoms with Crippen LogP contribution in [-0.2, 0) is 6.42 Å². The van der Waals surface area contributed by atoms with Gasteiger partial charge in [0.2, 0.25) is 0 Å². The van der Waals surface area contributed by atoms with Crippen LogP contribution >= 0.6 is 0 Å². The molecular weight excluding hydrogens is 270 g/mol. The second-order valence-electron chi connectivity index (χ2n) is 5.52. The summed E-state index contributed by atoms with van der Waals surface area (Å²) in [7, 11) is 0. The summed E-state index contributed by atoms with van der Waals surface area (Å²) in [5.41, 5.74) is 3.37. The van der Waals surface area contributed by atoms with Crippen LogP contribution in [0.3, 0.4) is 0 Å². The van der Waals surface area contributed by atoms with Crippen molar-refractivity contribution in [2.75, 3.05) is 5.32 Å². The molecule has 0 bridgehead atoms. The third kappa shape index (κ3) is 3.42. The van der Waals surface area contributed by atoms with E-state index in [1.165, 1.54) is 24.8 Å². The first-order chi connectivity index (χ1) is 10.9. The van der Waals surface area contributed by atoms with E-state index in [2.05, 4.69) is 40.4 Å². The van der Waals surface area contributed by atoms with E-state index >= 15 is 0 Å². The topological polar surface area (TPSA) is 37.8 Å². The molecule has 0 fully saturated rings. The Kier molecular flexibility index (Phi) is 4.64. The van der Waals surface area contributed by atoms with Crippen molar-refractivity contribution in [3.05, 3.63) is 60.4 Å². The van der Waals surface area contributed by atoms with Gasteiger partial charge >= 0.3 is 0 Å². The van der Waals surface area contributed by atoms with Crippen LogP contribution < -0.4 is 5.32 Å². The number of nitrogens with one attached hydrogen (secondary N) is 1. The third-order valence-corrected chi connectivity index (χ3v) is 3.81. The molecule has 1 aromatic heterocycles. The van der Waals surface area contributed by atoms with Crippen LogP contribution in [0.1, 0.15) is 31.7 Å². The third-order valence-electron chi connectivity index (χ3n) is 3.81. The molecule has 3 aromatic rings. The fraction of sp³-hybridized carbons (Fsp3) is 0.263. The van der Waals surface area contributed by atoms with E-state index in [1.54, 1.807) is 6.33 Å². The number of aromatic nitrogens is 2. The van der Waals surface area contributed by atoms with Gasteiger partial charge in [-0.05, 0) is 42.7 Å². The summed E-state index contributed by atoms with van der Waals surface area (Å²) in [4.78, 5) is 8.79. The number of nitrogens with zero attached hydrogens (tertiary/aromatic N) is 2. The minimum atomic E-state index is 0.869. The van der Waals surface area contributed by atoms with Crippen LogP contribution in [-0.4, -0.2) is 9.97 Å². The number of unbranched alkanes of at least 4 members (excludes halogenated alkanes) is 2. The SMILES string of the molecule is CCCCCc1ccc2ncnc(Nc3ccccc3)c2c1. The van der Waals surface area contributed by atoms with Gasteiger partial charge in [-0.2, -0.15) is 0 Å². The molecule has 0 amide bonds. The van der Waals surface area contributed by atoms with E-state index in [4.69, 9.17) is 0 Å². The Bertz CT molecular complexity index is 738. The minimum Gasteiger partial charge on any atom is -0.340 e. The monoisotopic (exact) mass is 291 g/mol. The van der Waals surface area contributed by atoms with Crippen LogP contribution in [0, 0.1) is 0 Å². The van der Waals surface area contributed by atoms with Crippen molar-refractivity contribution in [3.63, 3.8) is 0 Å². The molecular formula is C19H21N3. The van der Waals surface area contributed by atoms with Gasteiger partial charge in [0.05, 0.1) is 5.52 Å². The highest BCUT2D eigenvalue weighted by atomic mass is 15.0. The van der Waals surface area contributed by atoms with Crippen LogP contribution in [0.5, 0.6) is 0 Å². The molecule has 0 unspecified atom stereocenters. The number of hydrogen-bond donors (Lipinski definition) is 1. The quantitative estimate of drug-likeness (QED) is 0.642. The fourth-order valence-electron chi connectivity index (χ4n) is 2.60. The number of para-hydroxylation sites is 1. The molecule has 1 heterocycles. The maximum absolute atomic E-state index is 4.42. The molecule has 3 rings (SSSR count). The van der Waals surface area contributed by atoms with Crippen molar-refractivity contribution >= 4 is 22.4 Å². The van der Waals surface area contributed by atoms with Crippen LogP contribution in [0.2, 0.25) is 0 Å². The number of fused-ring (bicyclic) bond motifs is 1. The highest BCUT2D eigenvalue weighted by molar-refractivity contribution is 5.91. The molecule has 0 aliphatic heterocycles. The van der Waals surface area contributed by atoms with Crippen molar-refractivity contribution < 1.29 is 0 Å². The van der Waals surface area contributed by atoms with Gasteiger partial charge in [0.25, 0.3) is 0 Å². The molecule has 0 saturated carbocycles. The molecule has 0 atom stereocenters. The number of anilines is 2. The molecule has 0 aliphatic rings. The van der Waals surface area contributed by atoms with Gasteiger partial charge in [-0.15, -0.1) is 0 Å². The van der Waals surface area contributed by atoms with Gasteiger partial charge < -0.3 is 5.32 Å². The van der Waals surface area contributed by atoms with Crippen LogP contribution in [0.25, 0.3) is 10.9 Å². The number of benzene rings is 2. The summed E-state index contributed by atoms with van der Waals surface area (Å²) >= 11 is 0. The van der Waals surface area contributed by atoms with E-state index in [1.807, 2.05) is 30.3 Å². The zero-order chi connectivity index (χ0) is 15.2. The van der Waals surface area contributed by atoms with Crippen LogP contribution in [0.15, 0.2) is 54.9 Å². The smallest absolute Gasteiger partial charge is 0.141 e. The lowest BCUT2D eigenvalue weighted by Gasteiger charge is -2.09. The van der Waals surface area contributed by atoms with Gasteiger partial charge in [0.1, 0.15) is 12.1 Å². The summed E-state index contributed by atoms with van der Waals surface area (Å²) in [5.74, 6) is 0.869. The molecule has 22 heavy (non-hydrogen) atoms. The fourth-order valence-corrected chi connectivity index (χ4v) is 2.60. The number of hydrogen-bond acceptors (Lipinski definition) is 3. The normalized spacial score (nSPS) is 10.8. The average Bonchev–Trinajstić information content (AvgIpc) is 2.57. The van der Waals surface area contributed by atoms with E-state index in [9.17, 15) is 0 Å². The van der Waals surface area contributed by atoms with Gasteiger partial charge in [0.15, 0.2) is 0 Å². The Morgan fingerprint density at radius 1 is 0.955 bits per heavy atom. The van der Waals surface area contributed by atoms with Gasteiger partial charge in [-0.25, -0.2) is 9.97 Å². The first-order valence-electron chi connectivity index (χ1n) is 7.92. The molecule has 0 spiro atoms. The average molecular weight is 291 g/mol. The molecule has 3 nitrogen and oxygen atoms in total. The van der Waals surface area contributed by atoms with Gasteiger partial charge in [0, 0.05) is 11.1 Å². The number of rotatable bonds is 6. The predicted octanol–water partition coefficient (Wildman–Crippen LogP) is 5.11. The lowest BCUT2D eigenvalue weighted by molar-refractivity contribution is 0.718. The highest BCUT2D eigenvalue weighted by Gasteiger charge is 2.05. The molecule has 2 aromatic carbocycles. The summed E-state index contributed by atoms with van der Waals surface area (Å²) in [6, 6.07) is 16.6. The highest BCUT2D eigenvalue weighted by Crippen LogP contribution is 2.24. The van der Waals surface area contributed by atoms with Crippen molar-refractivity contribution in [1.82, 2.24) is 9.97 Å². The molecule has 3 heteroatoms. The van der Waals surface area contributed by atoms with Crippen molar-refractivity contribution in [2.45, 2.75) is 32.6 Å². The summed E-state index contributed by atoms with van der Waals surface area (Å²) in [6.07, 6.45) is 6.49. The van der Waals surface area contributed by atoms with Gasteiger partial charge in [-0.1, -0.05) is 44.0 Å². The first-order valence-corrected chi connectivity index (χ1v) is 7.92. The van der Waals surface area contributed by atoms with E-state index in [-0.39, 0.29) is 0 Å². The standard InChI is InChI=1S/C19H21N3/c1-2-3-5-8-15-11-12-18-17(13-15)19(21-14-20-18)22-16-9-6-4-7-10-16/h4,6-7,9-14H,2-3,5,8H2,1H3,(H,20,21,22). The molecule has 0 saturated heterocycles. The maximum atomic E-state index is 4.42. The second-order valence-corrected chi connectivity index (χ2v) is 5.52. The molecule has 0 radical (unpaired) electrons. The van der Waals surface area contributed by atoms with E-state index in [0.29, 0.717) is 0 Å². The Hall–Kier alpha value is -2.42. The second kappa shape index (κ2) is 7.03. The summed E-state index contributed by atoms with van der Waals surface area (Å²) in [6.45, 7) is 2.23. The molecule has 0 aliphatic carbocycles. The minimum absolute atomic E-state index is 0.869. The molecule has 112 valence electrons. The first kappa shape index (κ1) is 14.5. The zero-order valence-electron chi connectivity index (χ0n) is 12.9. The Morgan fingerprint density at radius 3 is 2.64 bits per heavy atom. The Labute approximate surface area is 131 Å². The summed E-state index contributed by atoms with van der Waals surface area (Å²) in [5, 5.41) is 4.47. The Balaban J connectivity index is 1.90. The van der Waals surface area contributed by atoms with Crippen molar-refractivity contribution in [3.8, 4) is 0 Å². The Morgan fingerprint density at radius 2 is 1.82 bits per heavy atom. The maximum Gasteiger partial charge on any atom is 0.141 e. The van der Waals surface area contributed by atoms with E-state index < -0.39 is 0 Å². The zero-order valence-corrected chi connectivity index (χ0v) is 12.9. The lowest BCUT2D eigenvalue weighted by Crippen LogP contribution is -1.96. The predicted molar refractivity (Wildman–Crippen MR) is 92.5 cm³/mol. The van der Waals surface area contributed by atoms with Crippen LogP contribution in [0.4, 0.5) is 11.5 Å². The number of aryl methyl sites for hydroxylation is 1. The summed E-state index contributed by atoms with van der Waals surface area (Å²) < 4.78 is 0. The van der Waals surface area contributed by atoms with Crippen molar-refractivity contribution in [2.24, 2.45) is 0 Å². The molecule has 1 N–H and O–H groups in total. The van der Waals surface area contributed by atoms with E-state index in [0.717, 1.165) is 28.8 Å². The van der Waals surface area contributed by atoms with Gasteiger partial charge in [-0.3, -0.25) is 0 Å². The largest absolute Gasteiger partial charge is 0.340 e.